The van der Waals surface area contributed by atoms with Crippen molar-refractivity contribution in [3.05, 3.63) is 497 Å². The van der Waals surface area contributed by atoms with Crippen LogP contribution in [0.25, 0.3) is 118 Å². The van der Waals surface area contributed by atoms with Crippen LogP contribution in [0.2, 0.25) is 0 Å². The number of benzene rings is 17. The summed E-state index contributed by atoms with van der Waals surface area (Å²) >= 11 is 5.47. The fourth-order valence-corrected chi connectivity index (χ4v) is 22.4. The van der Waals surface area contributed by atoms with E-state index in [0.29, 0.717) is 0 Å². The third kappa shape index (κ3) is 14.2. The van der Waals surface area contributed by atoms with Gasteiger partial charge in [0.1, 0.15) is 0 Å². The Labute approximate surface area is 767 Å². The van der Waals surface area contributed by atoms with Crippen LogP contribution in [-0.2, 0) is 0 Å². The molecule has 0 spiro atoms. The summed E-state index contributed by atoms with van der Waals surface area (Å²) in [6.45, 7) is 0. The molecule has 6 heterocycles. The minimum absolute atomic E-state index is 0.179. The van der Waals surface area contributed by atoms with Gasteiger partial charge < -0.3 is 33.6 Å². The fourth-order valence-electron chi connectivity index (χ4n) is 19.4. The molecule has 0 saturated heterocycles. The maximum atomic E-state index is 2.51. The minimum atomic E-state index is 0.179. The number of hydrogen-bond donors (Lipinski definition) is 0. The zero-order valence-electron chi connectivity index (χ0n) is 70.8. The third-order valence-electron chi connectivity index (χ3n) is 25.6. The van der Waals surface area contributed by atoms with Crippen LogP contribution in [0.3, 0.4) is 0 Å². The lowest BCUT2D eigenvalue weighted by molar-refractivity contribution is 0.745. The smallest absolute Gasteiger partial charge is 0.0629 e. The molecule has 2 unspecified atom stereocenters. The zero-order valence-corrected chi connectivity index (χ0v) is 73.2. The molecule has 0 N–H and O–H groups in total. The quantitative estimate of drug-likeness (QED) is 0.0714. The molecule has 616 valence electrons. The Kier molecular flexibility index (Phi) is 19.9. The van der Waals surface area contributed by atoms with Crippen molar-refractivity contribution in [1.82, 2.24) is 9.13 Å². The highest BCUT2D eigenvalue weighted by Gasteiger charge is 2.37. The lowest BCUT2D eigenvalue weighted by atomic mass is 9.91. The largest absolute Gasteiger partial charge is 0.333 e. The van der Waals surface area contributed by atoms with E-state index >= 15 is 0 Å². The van der Waals surface area contributed by atoms with Crippen molar-refractivity contribution in [2.45, 2.75) is 12.0 Å². The Hall–Kier alpha value is -16.1. The molecule has 24 rings (SSSR count). The number of aromatic nitrogens is 2. The maximum absolute atomic E-state index is 2.51. The predicted octanol–water partition coefficient (Wildman–Crippen LogP) is 34.7. The van der Waals surface area contributed by atoms with Gasteiger partial charge in [-0.3, -0.25) is 0 Å². The molecule has 0 saturated carbocycles. The van der Waals surface area contributed by atoms with Crippen LogP contribution in [0.1, 0.15) is 11.5 Å². The Morgan fingerprint density at radius 2 is 0.408 bits per heavy atom. The van der Waals surface area contributed by atoms with Gasteiger partial charge in [-0.1, -0.05) is 243 Å². The SMILES string of the molecule is C1=CC2c3ccccc3N(c3ccc(N(c4ccc(-c5ccc(-c6ccccc6)s5)cc4)c4ccc(N(c5ccc(N(c6ccc(-c7ccc(-c8ccccc8)s7)cc6)c6ccc(-n7c8ccccc8c8ccccc87)cc6)cc5)c5ccc(N(c6ccc(-c7ccc(-c8ccccc8)s7)cc6)c6ccc(-n7c8ccccc8c8ccccc87)cc6)cc5)cc4)cc3)C2C=C1. The monoisotopic (exact) mass is 1720 g/mol. The Balaban J connectivity index is 0.630. The van der Waals surface area contributed by atoms with E-state index in [1.165, 1.54) is 118 Å². The Bertz CT molecular complexity index is 7500. The molecule has 22 aromatic rings. The van der Waals surface area contributed by atoms with Crippen LogP contribution in [-0.4, -0.2) is 15.2 Å². The van der Waals surface area contributed by atoms with Crippen LogP contribution in [0.5, 0.6) is 0 Å². The van der Waals surface area contributed by atoms with Gasteiger partial charge in [-0.15, -0.1) is 34.0 Å². The summed E-state index contributed by atoms with van der Waals surface area (Å²) in [5.74, 6) is 0.275. The maximum Gasteiger partial charge on any atom is 0.0629 e. The first-order chi connectivity index (χ1) is 64.4. The fraction of sp³-hybridized carbons (Fsp3) is 0.0167. The lowest BCUT2D eigenvalue weighted by Crippen LogP contribution is -2.28. The van der Waals surface area contributed by atoms with E-state index in [9.17, 15) is 0 Å². The molecule has 0 fully saturated rings. The van der Waals surface area contributed by atoms with Crippen molar-refractivity contribution in [2.24, 2.45) is 0 Å². The average molecular weight is 1720 g/mol. The number of rotatable bonds is 21. The highest BCUT2D eigenvalue weighted by molar-refractivity contribution is 7.19. The predicted molar refractivity (Wildman–Crippen MR) is 553 cm³/mol. The molecule has 10 heteroatoms. The second-order valence-corrected chi connectivity index (χ2v) is 36.4. The molecular weight excluding hydrogens is 1640 g/mol. The number of thiophene rings is 3. The topological polar surface area (TPSA) is 26.1 Å². The molecule has 130 heavy (non-hydrogen) atoms. The van der Waals surface area contributed by atoms with E-state index in [0.717, 1.165) is 85.3 Å². The van der Waals surface area contributed by atoms with Crippen molar-refractivity contribution in [2.75, 3.05) is 24.5 Å². The van der Waals surface area contributed by atoms with E-state index in [1.807, 2.05) is 34.0 Å². The standard InChI is InChI=1S/C120H83N7S3/c1-4-22-82(23-5-1)115-76-79-118(128-115)85-40-46-88(47-41-85)121(97-64-70-100(71-65-97)125-109-34-16-10-28-103(109)104-29-11-17-35-110(104)125)91-52-58-94(59-53-91)124(95-60-54-92(55-61-95)122(89-48-42-86(43-49-89)119-80-77-116(129-119)83-24-6-2-7-25-83)98-66-72-101(73-67-98)126-111-36-18-12-30-105(111)106-31-13-19-37-112(106)126)96-62-56-93(57-63-96)123(90-50-44-87(45-51-90)120-81-78-117(130-120)84-26-8-3-9-27-84)99-68-74-102(75-69-99)127-113-38-20-14-32-107(113)108-33-15-21-39-114(108)127/h1-81,103,109H. The van der Waals surface area contributed by atoms with Crippen molar-refractivity contribution in [1.29, 1.82) is 0 Å². The van der Waals surface area contributed by atoms with Gasteiger partial charge in [0, 0.05) is 148 Å². The summed E-state index contributed by atoms with van der Waals surface area (Å²) in [4.78, 5) is 19.5. The highest BCUT2D eigenvalue weighted by Crippen LogP contribution is 2.51. The summed E-state index contributed by atoms with van der Waals surface area (Å²) in [5.41, 5.74) is 30.1. The number of para-hydroxylation sites is 5. The summed E-state index contributed by atoms with van der Waals surface area (Å²) in [6, 6.07) is 172. The average Bonchev–Trinajstić information content (AvgIpc) is 1.59. The van der Waals surface area contributed by atoms with Crippen LogP contribution < -0.4 is 24.5 Å². The van der Waals surface area contributed by atoms with Crippen LogP contribution >= 0.6 is 34.0 Å². The molecule has 2 atom stereocenters. The van der Waals surface area contributed by atoms with Crippen molar-refractivity contribution in [3.63, 3.8) is 0 Å². The molecule has 5 aromatic heterocycles. The van der Waals surface area contributed by atoms with Crippen LogP contribution in [0.15, 0.2) is 491 Å². The first-order valence-corrected chi connectivity index (χ1v) is 46.7. The second kappa shape index (κ2) is 33.4. The van der Waals surface area contributed by atoms with Gasteiger partial charge in [0.25, 0.3) is 0 Å². The van der Waals surface area contributed by atoms with Crippen LogP contribution in [0, 0.1) is 0 Å². The van der Waals surface area contributed by atoms with Gasteiger partial charge in [-0.25, -0.2) is 0 Å². The summed E-state index contributed by atoms with van der Waals surface area (Å²) in [6.07, 6.45) is 9.09. The van der Waals surface area contributed by atoms with Gasteiger partial charge in [0.15, 0.2) is 0 Å². The van der Waals surface area contributed by atoms with Gasteiger partial charge in [-0.2, -0.15) is 0 Å². The third-order valence-corrected chi connectivity index (χ3v) is 29.1. The second-order valence-electron chi connectivity index (χ2n) is 33.1. The summed E-state index contributed by atoms with van der Waals surface area (Å²) in [5, 5.41) is 4.93. The molecule has 2 aliphatic rings. The number of hydrogen-bond acceptors (Lipinski definition) is 8. The van der Waals surface area contributed by atoms with Gasteiger partial charge >= 0.3 is 0 Å². The normalized spacial score (nSPS) is 13.3. The number of nitrogens with zero attached hydrogens (tertiary/aromatic N) is 7. The van der Waals surface area contributed by atoms with Crippen LogP contribution in [0.4, 0.5) is 79.6 Å². The number of fused-ring (bicyclic) bond motifs is 9. The number of anilines is 14. The van der Waals surface area contributed by atoms with E-state index < -0.39 is 0 Å². The summed E-state index contributed by atoms with van der Waals surface area (Å²) in [7, 11) is 0. The van der Waals surface area contributed by atoms with E-state index in [-0.39, 0.29) is 12.0 Å². The van der Waals surface area contributed by atoms with Crippen molar-refractivity contribution >= 4 is 157 Å². The molecule has 17 aromatic carbocycles. The minimum Gasteiger partial charge on any atom is -0.333 e. The van der Waals surface area contributed by atoms with E-state index in [4.69, 9.17) is 0 Å². The van der Waals surface area contributed by atoms with Gasteiger partial charge in [0.2, 0.25) is 0 Å². The summed E-state index contributed by atoms with van der Waals surface area (Å²) < 4.78 is 4.78. The molecule has 1 aliphatic carbocycles. The molecular formula is C120H83N7S3. The molecule has 0 radical (unpaired) electrons. The highest BCUT2D eigenvalue weighted by atomic mass is 32.1. The molecule has 0 bridgehead atoms. The number of allylic oxidation sites excluding steroid dienone is 2. The van der Waals surface area contributed by atoms with Gasteiger partial charge in [0.05, 0.1) is 28.1 Å². The van der Waals surface area contributed by atoms with Crippen molar-refractivity contribution < 1.29 is 0 Å². The van der Waals surface area contributed by atoms with E-state index in [2.05, 4.69) is 525 Å². The Morgan fingerprint density at radius 3 is 0.700 bits per heavy atom. The van der Waals surface area contributed by atoms with Crippen molar-refractivity contribution in [3.8, 4) is 74.0 Å². The molecule has 1 aliphatic heterocycles. The van der Waals surface area contributed by atoms with E-state index in [1.54, 1.807) is 0 Å². The molecule has 0 amide bonds. The lowest BCUT2D eigenvalue weighted by Gasteiger charge is -2.31. The van der Waals surface area contributed by atoms with Gasteiger partial charge in [-0.05, 0) is 288 Å². The molecule has 7 nitrogen and oxygen atoms in total. The first-order valence-electron chi connectivity index (χ1n) is 44.2. The zero-order chi connectivity index (χ0) is 86.0. The Morgan fingerprint density at radius 1 is 0.185 bits per heavy atom. The first kappa shape index (κ1) is 77.5.